The number of hydrogen-bond donors (Lipinski definition) is 1. The first-order valence-electron chi connectivity index (χ1n) is 5.79. The summed E-state index contributed by atoms with van der Waals surface area (Å²) >= 11 is 3.32. The number of carbonyl (C=O) groups is 1. The summed E-state index contributed by atoms with van der Waals surface area (Å²) in [5, 5.41) is 2.79. The molecule has 1 heterocycles. The third-order valence-electron chi connectivity index (χ3n) is 2.11. The molecular weight excluding hydrogens is 298 g/mol. The van der Waals surface area contributed by atoms with Gasteiger partial charge in [0, 0.05) is 12.4 Å². The zero-order valence-electron chi connectivity index (χ0n) is 11.0. The van der Waals surface area contributed by atoms with Crippen LogP contribution in [-0.2, 0) is 4.74 Å². The van der Waals surface area contributed by atoms with E-state index in [1.807, 2.05) is 27.7 Å². The SMILES string of the molecule is CCC(NC(=O)OC(C)(C)C)c1nccnc1Br. The number of nitrogens with zero attached hydrogens (tertiary/aromatic N) is 2. The maximum Gasteiger partial charge on any atom is 0.408 e. The van der Waals surface area contributed by atoms with Gasteiger partial charge in [0.05, 0.1) is 11.7 Å². The van der Waals surface area contributed by atoms with Crippen molar-refractivity contribution in [3.05, 3.63) is 22.7 Å². The van der Waals surface area contributed by atoms with Gasteiger partial charge in [-0.3, -0.25) is 4.98 Å². The number of aromatic nitrogens is 2. The van der Waals surface area contributed by atoms with E-state index >= 15 is 0 Å². The van der Waals surface area contributed by atoms with Gasteiger partial charge in [-0.1, -0.05) is 6.92 Å². The molecule has 0 bridgehead atoms. The van der Waals surface area contributed by atoms with Gasteiger partial charge in [0.1, 0.15) is 10.2 Å². The zero-order chi connectivity index (χ0) is 13.8. The second kappa shape index (κ2) is 6.13. The summed E-state index contributed by atoms with van der Waals surface area (Å²) in [6.45, 7) is 7.44. The summed E-state index contributed by atoms with van der Waals surface area (Å²) in [6.07, 6.45) is 3.44. The minimum Gasteiger partial charge on any atom is -0.444 e. The lowest BCUT2D eigenvalue weighted by Gasteiger charge is -2.23. The van der Waals surface area contributed by atoms with Gasteiger partial charge in [0.15, 0.2) is 0 Å². The van der Waals surface area contributed by atoms with Crippen molar-refractivity contribution in [2.75, 3.05) is 0 Å². The van der Waals surface area contributed by atoms with Crippen LogP contribution in [0.2, 0.25) is 0 Å². The zero-order valence-corrected chi connectivity index (χ0v) is 12.6. The molecule has 0 radical (unpaired) electrons. The monoisotopic (exact) mass is 315 g/mol. The minimum absolute atomic E-state index is 0.220. The minimum atomic E-state index is -0.512. The fraction of sp³-hybridized carbons (Fsp3) is 0.583. The normalized spacial score (nSPS) is 12.9. The molecule has 1 N–H and O–H groups in total. The first-order valence-corrected chi connectivity index (χ1v) is 6.58. The van der Waals surface area contributed by atoms with Gasteiger partial charge >= 0.3 is 6.09 Å². The number of nitrogens with one attached hydrogen (secondary N) is 1. The van der Waals surface area contributed by atoms with E-state index in [1.54, 1.807) is 12.4 Å². The molecule has 1 atom stereocenters. The second-order valence-corrected chi connectivity index (χ2v) is 5.59. The van der Waals surface area contributed by atoms with E-state index in [0.717, 1.165) is 0 Å². The molecule has 6 heteroatoms. The summed E-state index contributed by atoms with van der Waals surface area (Å²) in [6, 6.07) is -0.220. The topological polar surface area (TPSA) is 64.1 Å². The molecule has 100 valence electrons. The molecule has 0 aromatic carbocycles. The molecule has 1 aromatic rings. The molecule has 1 amide bonds. The van der Waals surface area contributed by atoms with Crippen molar-refractivity contribution in [2.45, 2.75) is 45.8 Å². The lowest BCUT2D eigenvalue weighted by Crippen LogP contribution is -2.35. The van der Waals surface area contributed by atoms with E-state index in [1.165, 1.54) is 0 Å². The van der Waals surface area contributed by atoms with E-state index in [0.29, 0.717) is 16.7 Å². The van der Waals surface area contributed by atoms with E-state index in [9.17, 15) is 4.79 Å². The highest BCUT2D eigenvalue weighted by molar-refractivity contribution is 9.10. The Morgan fingerprint density at radius 1 is 1.44 bits per heavy atom. The van der Waals surface area contributed by atoms with Gasteiger partial charge in [-0.15, -0.1) is 0 Å². The van der Waals surface area contributed by atoms with Crippen molar-refractivity contribution in [2.24, 2.45) is 0 Å². The molecule has 0 saturated carbocycles. The Kier molecular flexibility index (Phi) is 5.07. The molecule has 0 aliphatic heterocycles. The quantitative estimate of drug-likeness (QED) is 0.930. The number of alkyl carbamates (subject to hydrolysis) is 1. The second-order valence-electron chi connectivity index (χ2n) is 4.84. The predicted molar refractivity (Wildman–Crippen MR) is 72.1 cm³/mol. The van der Waals surface area contributed by atoms with Gasteiger partial charge in [0.25, 0.3) is 0 Å². The maximum absolute atomic E-state index is 11.7. The van der Waals surface area contributed by atoms with Crippen LogP contribution in [0.15, 0.2) is 17.0 Å². The van der Waals surface area contributed by atoms with E-state index < -0.39 is 11.7 Å². The first-order chi connectivity index (χ1) is 8.33. The highest BCUT2D eigenvalue weighted by Gasteiger charge is 2.21. The Morgan fingerprint density at radius 2 is 2.06 bits per heavy atom. The summed E-state index contributed by atoms with van der Waals surface area (Å²) in [5.74, 6) is 0. The Bertz CT molecular complexity index is 418. The Hall–Kier alpha value is -1.17. The third kappa shape index (κ3) is 4.60. The van der Waals surface area contributed by atoms with Crippen LogP contribution in [0.3, 0.4) is 0 Å². The molecule has 0 aliphatic carbocycles. The first kappa shape index (κ1) is 14.9. The number of rotatable bonds is 3. The summed E-state index contributed by atoms with van der Waals surface area (Å²) < 4.78 is 5.85. The molecule has 5 nitrogen and oxygen atoms in total. The largest absolute Gasteiger partial charge is 0.444 e. The van der Waals surface area contributed by atoms with Crippen LogP contribution in [0.1, 0.15) is 45.9 Å². The fourth-order valence-electron chi connectivity index (χ4n) is 1.38. The van der Waals surface area contributed by atoms with Gasteiger partial charge < -0.3 is 10.1 Å². The smallest absolute Gasteiger partial charge is 0.408 e. The highest BCUT2D eigenvalue weighted by Crippen LogP contribution is 2.21. The van der Waals surface area contributed by atoms with E-state index in [-0.39, 0.29) is 6.04 Å². The molecular formula is C12H18BrN3O2. The molecule has 1 unspecified atom stereocenters. The average molecular weight is 316 g/mol. The maximum atomic E-state index is 11.7. The van der Waals surface area contributed by atoms with Crippen molar-refractivity contribution in [1.29, 1.82) is 0 Å². The van der Waals surface area contributed by atoms with Crippen LogP contribution in [-0.4, -0.2) is 21.7 Å². The van der Waals surface area contributed by atoms with Crippen LogP contribution in [0.4, 0.5) is 4.79 Å². The lowest BCUT2D eigenvalue weighted by molar-refractivity contribution is 0.0501. The molecule has 0 aliphatic rings. The van der Waals surface area contributed by atoms with Crippen molar-refractivity contribution >= 4 is 22.0 Å². The van der Waals surface area contributed by atoms with Gasteiger partial charge in [0.2, 0.25) is 0 Å². The number of halogens is 1. The Balaban J connectivity index is 2.74. The molecule has 0 fully saturated rings. The van der Waals surface area contributed by atoms with Crippen LogP contribution in [0, 0.1) is 0 Å². The Labute approximate surface area is 115 Å². The van der Waals surface area contributed by atoms with Crippen LogP contribution in [0.25, 0.3) is 0 Å². The van der Waals surface area contributed by atoms with Crippen molar-refractivity contribution < 1.29 is 9.53 Å². The summed E-state index contributed by atoms with van der Waals surface area (Å²) in [7, 11) is 0. The van der Waals surface area contributed by atoms with Crippen molar-refractivity contribution in [3.8, 4) is 0 Å². The standard InChI is InChI=1S/C12H18BrN3O2/c1-5-8(9-10(13)15-7-6-14-9)16-11(17)18-12(2,3)4/h6-8H,5H2,1-4H3,(H,16,17). The van der Waals surface area contributed by atoms with Gasteiger partial charge in [-0.25, -0.2) is 9.78 Å². The summed E-state index contributed by atoms with van der Waals surface area (Å²) in [5.41, 5.74) is 0.188. The van der Waals surface area contributed by atoms with Gasteiger partial charge in [-0.2, -0.15) is 0 Å². The number of amides is 1. The average Bonchev–Trinajstić information content (AvgIpc) is 2.24. The van der Waals surface area contributed by atoms with Crippen molar-refractivity contribution in [3.63, 3.8) is 0 Å². The molecule has 1 rings (SSSR count). The molecule has 18 heavy (non-hydrogen) atoms. The third-order valence-corrected chi connectivity index (χ3v) is 2.72. The number of carbonyl (C=O) groups excluding carboxylic acids is 1. The highest BCUT2D eigenvalue weighted by atomic mass is 79.9. The van der Waals surface area contributed by atoms with Crippen LogP contribution in [0.5, 0.6) is 0 Å². The Morgan fingerprint density at radius 3 is 2.56 bits per heavy atom. The number of hydrogen-bond acceptors (Lipinski definition) is 4. The van der Waals surface area contributed by atoms with Gasteiger partial charge in [-0.05, 0) is 43.1 Å². The lowest BCUT2D eigenvalue weighted by atomic mass is 10.1. The molecule has 0 spiro atoms. The number of ether oxygens (including phenoxy) is 1. The predicted octanol–water partition coefficient (Wildman–Crippen LogP) is 3.21. The van der Waals surface area contributed by atoms with Crippen LogP contribution < -0.4 is 5.32 Å². The molecule has 0 saturated heterocycles. The van der Waals surface area contributed by atoms with E-state index in [2.05, 4.69) is 31.2 Å². The van der Waals surface area contributed by atoms with E-state index in [4.69, 9.17) is 4.74 Å². The summed E-state index contributed by atoms with van der Waals surface area (Å²) in [4.78, 5) is 20.0. The molecule has 1 aromatic heterocycles. The van der Waals surface area contributed by atoms with Crippen LogP contribution >= 0.6 is 15.9 Å². The van der Waals surface area contributed by atoms with Crippen molar-refractivity contribution in [1.82, 2.24) is 15.3 Å². The fourth-order valence-corrected chi connectivity index (χ4v) is 1.88.